The molecule has 7 nitrogen and oxygen atoms in total. The minimum absolute atomic E-state index is 0.0366. The normalized spacial score (nSPS) is 18.3. The number of likely N-dealkylation sites (tertiary alicyclic amines) is 1. The quantitative estimate of drug-likeness (QED) is 0.530. The third-order valence-corrected chi connectivity index (χ3v) is 3.24. The average molecular weight is 287 g/mol. The van der Waals surface area contributed by atoms with Crippen molar-refractivity contribution in [3.05, 3.63) is 0 Å². The van der Waals surface area contributed by atoms with Gasteiger partial charge in [0.05, 0.1) is 19.8 Å². The zero-order valence-electron chi connectivity index (χ0n) is 12.3. The van der Waals surface area contributed by atoms with E-state index in [1.54, 1.807) is 19.1 Å². The second kappa shape index (κ2) is 9.68. The number of carbonyl (C=O) groups is 2. The van der Waals surface area contributed by atoms with E-state index in [2.05, 4.69) is 10.6 Å². The molecule has 1 fully saturated rings. The summed E-state index contributed by atoms with van der Waals surface area (Å²) in [5.41, 5.74) is 0. The van der Waals surface area contributed by atoms with E-state index in [0.29, 0.717) is 32.8 Å². The molecule has 1 aliphatic rings. The molecule has 0 aromatic rings. The van der Waals surface area contributed by atoms with Crippen molar-refractivity contribution in [1.82, 2.24) is 15.5 Å². The Morgan fingerprint density at radius 3 is 2.60 bits per heavy atom. The Labute approximate surface area is 120 Å². The summed E-state index contributed by atoms with van der Waals surface area (Å²) < 4.78 is 9.79. The first-order valence-corrected chi connectivity index (χ1v) is 6.96. The molecule has 1 aliphatic heterocycles. The van der Waals surface area contributed by atoms with Crippen LogP contribution in [-0.4, -0.2) is 76.4 Å². The number of rotatable bonds is 9. The lowest BCUT2D eigenvalue weighted by Crippen LogP contribution is -2.49. The van der Waals surface area contributed by atoms with Crippen LogP contribution >= 0.6 is 0 Å². The number of methoxy groups -OCH3 is 2. The van der Waals surface area contributed by atoms with Gasteiger partial charge in [-0.3, -0.25) is 9.59 Å². The highest BCUT2D eigenvalue weighted by molar-refractivity contribution is 5.88. The Hall–Kier alpha value is -1.18. The molecule has 0 radical (unpaired) electrons. The van der Waals surface area contributed by atoms with Crippen molar-refractivity contribution >= 4 is 11.8 Å². The van der Waals surface area contributed by atoms with Gasteiger partial charge in [-0.1, -0.05) is 0 Å². The summed E-state index contributed by atoms with van der Waals surface area (Å²) in [4.78, 5) is 25.7. The molecule has 0 saturated carbocycles. The predicted molar refractivity (Wildman–Crippen MR) is 74.4 cm³/mol. The molecule has 0 aromatic carbocycles. The van der Waals surface area contributed by atoms with Crippen LogP contribution < -0.4 is 10.6 Å². The van der Waals surface area contributed by atoms with Crippen LogP contribution in [0.2, 0.25) is 0 Å². The first kappa shape index (κ1) is 16.9. The second-order valence-electron chi connectivity index (χ2n) is 4.70. The molecule has 0 spiro atoms. The Bertz CT molecular complexity index is 312. The fourth-order valence-electron chi connectivity index (χ4n) is 2.20. The third kappa shape index (κ3) is 5.44. The molecular formula is C13H25N3O4. The lowest BCUT2D eigenvalue weighted by Gasteiger charge is -2.24. The average Bonchev–Trinajstić information content (AvgIpc) is 2.93. The molecular weight excluding hydrogens is 262 g/mol. The summed E-state index contributed by atoms with van der Waals surface area (Å²) in [6, 6.07) is -0.344. The number of ether oxygens (including phenoxy) is 2. The van der Waals surface area contributed by atoms with Crippen molar-refractivity contribution < 1.29 is 19.1 Å². The Kier molecular flexibility index (Phi) is 8.17. The van der Waals surface area contributed by atoms with E-state index in [4.69, 9.17) is 9.47 Å². The number of hydrogen-bond acceptors (Lipinski definition) is 5. The molecule has 2 amide bonds. The zero-order chi connectivity index (χ0) is 14.8. The Balaban J connectivity index is 2.35. The van der Waals surface area contributed by atoms with E-state index < -0.39 is 0 Å². The molecule has 1 atom stereocenters. The van der Waals surface area contributed by atoms with Crippen LogP contribution in [-0.2, 0) is 19.1 Å². The number of hydrogen-bond donors (Lipinski definition) is 2. The second-order valence-corrected chi connectivity index (χ2v) is 4.70. The first-order chi connectivity index (χ1) is 9.70. The van der Waals surface area contributed by atoms with Crippen LogP contribution in [0.25, 0.3) is 0 Å². The molecule has 0 aliphatic carbocycles. The Morgan fingerprint density at radius 2 is 1.90 bits per heavy atom. The summed E-state index contributed by atoms with van der Waals surface area (Å²) in [7, 11) is 3.20. The van der Waals surface area contributed by atoms with Crippen molar-refractivity contribution in [2.24, 2.45) is 0 Å². The summed E-state index contributed by atoms with van der Waals surface area (Å²) in [6.45, 7) is 3.03. The van der Waals surface area contributed by atoms with E-state index in [-0.39, 0.29) is 24.4 Å². The maximum absolute atomic E-state index is 12.1. The molecule has 0 unspecified atom stereocenters. The molecule has 7 heteroatoms. The molecule has 20 heavy (non-hydrogen) atoms. The predicted octanol–water partition coefficient (Wildman–Crippen LogP) is -1.02. The molecule has 0 aromatic heterocycles. The van der Waals surface area contributed by atoms with Gasteiger partial charge in [-0.05, 0) is 12.8 Å². The first-order valence-electron chi connectivity index (χ1n) is 6.96. The zero-order valence-corrected chi connectivity index (χ0v) is 12.3. The van der Waals surface area contributed by atoms with Crippen molar-refractivity contribution in [3.63, 3.8) is 0 Å². The topological polar surface area (TPSA) is 79.9 Å². The van der Waals surface area contributed by atoms with Gasteiger partial charge in [-0.25, -0.2) is 0 Å². The molecule has 1 saturated heterocycles. The summed E-state index contributed by atoms with van der Waals surface area (Å²) in [5.74, 6) is -0.129. The lowest BCUT2D eigenvalue weighted by atomic mass is 10.2. The van der Waals surface area contributed by atoms with Gasteiger partial charge in [0, 0.05) is 33.9 Å². The monoisotopic (exact) mass is 287 g/mol. The van der Waals surface area contributed by atoms with Crippen LogP contribution in [0.4, 0.5) is 0 Å². The SMILES string of the molecule is COCCNCC(=O)N1CCC[C@@H]1C(=O)NCCOC. The molecule has 2 N–H and O–H groups in total. The maximum Gasteiger partial charge on any atom is 0.242 e. The summed E-state index contributed by atoms with van der Waals surface area (Å²) in [6.07, 6.45) is 1.59. The van der Waals surface area contributed by atoms with Crippen LogP contribution in [0.3, 0.4) is 0 Å². The number of carbonyl (C=O) groups excluding carboxylic acids is 2. The van der Waals surface area contributed by atoms with Gasteiger partial charge in [-0.15, -0.1) is 0 Å². The molecule has 0 bridgehead atoms. The minimum atomic E-state index is -0.344. The fourth-order valence-corrected chi connectivity index (χ4v) is 2.20. The standard InChI is InChI=1S/C13H25N3O4/c1-19-8-5-14-10-12(17)16-7-3-4-11(16)13(18)15-6-9-20-2/h11,14H,3-10H2,1-2H3,(H,15,18)/t11-/m1/s1. The van der Waals surface area contributed by atoms with Gasteiger partial charge in [-0.2, -0.15) is 0 Å². The van der Waals surface area contributed by atoms with Crippen LogP contribution in [0.1, 0.15) is 12.8 Å². The highest BCUT2D eigenvalue weighted by Gasteiger charge is 2.33. The van der Waals surface area contributed by atoms with Gasteiger partial charge in [0.15, 0.2) is 0 Å². The number of nitrogens with zero attached hydrogens (tertiary/aromatic N) is 1. The number of amides is 2. The van der Waals surface area contributed by atoms with Gasteiger partial charge < -0.3 is 25.0 Å². The van der Waals surface area contributed by atoms with Gasteiger partial charge >= 0.3 is 0 Å². The smallest absolute Gasteiger partial charge is 0.242 e. The van der Waals surface area contributed by atoms with Gasteiger partial charge in [0.25, 0.3) is 0 Å². The molecule has 116 valence electrons. The van der Waals surface area contributed by atoms with Crippen molar-refractivity contribution in [2.45, 2.75) is 18.9 Å². The Morgan fingerprint density at radius 1 is 1.20 bits per heavy atom. The van der Waals surface area contributed by atoms with Crippen LogP contribution in [0.15, 0.2) is 0 Å². The van der Waals surface area contributed by atoms with E-state index in [9.17, 15) is 9.59 Å². The molecule has 1 heterocycles. The maximum atomic E-state index is 12.1. The van der Waals surface area contributed by atoms with Gasteiger partial charge in [0.2, 0.25) is 11.8 Å². The van der Waals surface area contributed by atoms with Gasteiger partial charge in [0.1, 0.15) is 6.04 Å². The minimum Gasteiger partial charge on any atom is -0.383 e. The van der Waals surface area contributed by atoms with E-state index in [0.717, 1.165) is 12.8 Å². The fraction of sp³-hybridized carbons (Fsp3) is 0.846. The third-order valence-electron chi connectivity index (χ3n) is 3.24. The lowest BCUT2D eigenvalue weighted by molar-refractivity contribution is -0.137. The van der Waals surface area contributed by atoms with Crippen LogP contribution in [0, 0.1) is 0 Å². The van der Waals surface area contributed by atoms with E-state index >= 15 is 0 Å². The molecule has 1 rings (SSSR count). The largest absolute Gasteiger partial charge is 0.383 e. The number of nitrogens with one attached hydrogen (secondary N) is 2. The van der Waals surface area contributed by atoms with Crippen molar-refractivity contribution in [2.75, 3.05) is 53.6 Å². The van der Waals surface area contributed by atoms with Crippen LogP contribution in [0.5, 0.6) is 0 Å². The van der Waals surface area contributed by atoms with E-state index in [1.165, 1.54) is 0 Å². The van der Waals surface area contributed by atoms with Crippen molar-refractivity contribution in [3.8, 4) is 0 Å². The van der Waals surface area contributed by atoms with E-state index in [1.807, 2.05) is 0 Å². The van der Waals surface area contributed by atoms with Crippen molar-refractivity contribution in [1.29, 1.82) is 0 Å². The summed E-state index contributed by atoms with van der Waals surface area (Å²) in [5, 5.41) is 5.80. The highest BCUT2D eigenvalue weighted by Crippen LogP contribution is 2.17. The summed E-state index contributed by atoms with van der Waals surface area (Å²) >= 11 is 0. The highest BCUT2D eigenvalue weighted by atomic mass is 16.5.